The summed E-state index contributed by atoms with van der Waals surface area (Å²) in [5, 5.41) is 0.677. The predicted molar refractivity (Wildman–Crippen MR) is 80.3 cm³/mol. The van der Waals surface area contributed by atoms with Crippen LogP contribution in [0.4, 0.5) is 5.95 Å². The summed E-state index contributed by atoms with van der Waals surface area (Å²) in [6, 6.07) is 0. The van der Waals surface area contributed by atoms with Gasteiger partial charge in [0.15, 0.2) is 0 Å². The van der Waals surface area contributed by atoms with Crippen LogP contribution < -0.4 is 10.5 Å². The van der Waals surface area contributed by atoms with Crippen molar-refractivity contribution < 1.29 is 0 Å². The summed E-state index contributed by atoms with van der Waals surface area (Å²) < 4.78 is 0. The van der Waals surface area contributed by atoms with Gasteiger partial charge in [0.25, 0.3) is 5.56 Å². The number of aromatic nitrogens is 3. The van der Waals surface area contributed by atoms with Crippen LogP contribution in [0.5, 0.6) is 0 Å². The molecule has 0 amide bonds. The Bertz CT molecular complexity index is 671. The second-order valence-corrected chi connectivity index (χ2v) is 5.71. The molecule has 2 aromatic rings. The predicted octanol–water partition coefficient (Wildman–Crippen LogP) is 2.43. The molecule has 1 aliphatic rings. The molecule has 0 radical (unpaired) electrons. The summed E-state index contributed by atoms with van der Waals surface area (Å²) in [4.78, 5) is 26.4. The molecular formula is C15H20N4O. The fourth-order valence-corrected chi connectivity index (χ4v) is 2.80. The lowest BCUT2D eigenvalue weighted by molar-refractivity contribution is 0.568. The molecule has 0 atom stereocenters. The Balaban J connectivity index is 2.13. The Morgan fingerprint density at radius 2 is 1.95 bits per heavy atom. The summed E-state index contributed by atoms with van der Waals surface area (Å²) >= 11 is 0. The molecule has 5 nitrogen and oxygen atoms in total. The quantitative estimate of drug-likeness (QED) is 0.912. The van der Waals surface area contributed by atoms with Crippen molar-refractivity contribution in [3.05, 3.63) is 28.3 Å². The van der Waals surface area contributed by atoms with Gasteiger partial charge < -0.3 is 4.90 Å². The van der Waals surface area contributed by atoms with Crippen LogP contribution in [0.3, 0.4) is 0 Å². The molecule has 0 bridgehead atoms. The topological polar surface area (TPSA) is 61.9 Å². The number of rotatable bonds is 2. The van der Waals surface area contributed by atoms with E-state index in [2.05, 4.69) is 33.7 Å². The minimum atomic E-state index is -0.0540. The number of nitrogens with zero attached hydrogens (tertiary/aromatic N) is 3. The van der Waals surface area contributed by atoms with Crippen LogP contribution in [0.15, 0.2) is 17.2 Å². The fourth-order valence-electron chi connectivity index (χ4n) is 2.80. The van der Waals surface area contributed by atoms with Crippen molar-refractivity contribution in [2.24, 2.45) is 0 Å². The number of anilines is 1. The van der Waals surface area contributed by atoms with Crippen LogP contribution in [0.2, 0.25) is 0 Å². The zero-order valence-corrected chi connectivity index (χ0v) is 12.0. The van der Waals surface area contributed by atoms with E-state index < -0.39 is 0 Å². The average Bonchev–Trinajstić information content (AvgIpc) is 2.47. The first-order chi connectivity index (χ1) is 9.66. The van der Waals surface area contributed by atoms with Gasteiger partial charge in [-0.15, -0.1) is 0 Å². The van der Waals surface area contributed by atoms with Gasteiger partial charge in [-0.3, -0.25) is 14.8 Å². The molecule has 3 rings (SSSR count). The molecule has 2 aromatic heterocycles. The van der Waals surface area contributed by atoms with E-state index in [1.165, 1.54) is 6.42 Å². The number of hydrogen-bond donors (Lipinski definition) is 1. The molecule has 0 spiro atoms. The lowest BCUT2D eigenvalue weighted by Crippen LogP contribution is -2.32. The Hall–Kier alpha value is -1.91. The lowest BCUT2D eigenvalue weighted by Gasteiger charge is -2.27. The maximum Gasteiger partial charge on any atom is 0.260 e. The van der Waals surface area contributed by atoms with Gasteiger partial charge in [-0.25, -0.2) is 4.98 Å². The SMILES string of the molecule is CC(C)c1cncc2nc(N3CCCCC3)[nH]c(=O)c12. The number of nitrogens with one attached hydrogen (secondary N) is 1. The molecule has 0 aromatic carbocycles. The molecule has 20 heavy (non-hydrogen) atoms. The van der Waals surface area contributed by atoms with Crippen molar-refractivity contribution in [3.8, 4) is 0 Å². The first-order valence-corrected chi connectivity index (χ1v) is 7.29. The van der Waals surface area contributed by atoms with Crippen molar-refractivity contribution in [1.82, 2.24) is 15.0 Å². The summed E-state index contributed by atoms with van der Waals surface area (Å²) in [5.74, 6) is 0.944. The smallest absolute Gasteiger partial charge is 0.260 e. The van der Waals surface area contributed by atoms with Gasteiger partial charge >= 0.3 is 0 Å². The van der Waals surface area contributed by atoms with Gasteiger partial charge in [-0.2, -0.15) is 0 Å². The highest BCUT2D eigenvalue weighted by Crippen LogP contribution is 2.22. The van der Waals surface area contributed by atoms with Crippen LogP contribution in [0.1, 0.15) is 44.6 Å². The van der Waals surface area contributed by atoms with E-state index in [0.717, 1.165) is 31.5 Å². The van der Waals surface area contributed by atoms with E-state index in [0.29, 0.717) is 16.9 Å². The van der Waals surface area contributed by atoms with E-state index in [9.17, 15) is 4.79 Å². The third kappa shape index (κ3) is 2.28. The highest BCUT2D eigenvalue weighted by Gasteiger charge is 2.16. The van der Waals surface area contributed by atoms with Crippen molar-refractivity contribution in [2.45, 2.75) is 39.0 Å². The van der Waals surface area contributed by atoms with E-state index >= 15 is 0 Å². The number of aromatic amines is 1. The minimum absolute atomic E-state index is 0.0540. The highest BCUT2D eigenvalue weighted by molar-refractivity contribution is 5.81. The number of pyridine rings is 1. The Morgan fingerprint density at radius 1 is 1.20 bits per heavy atom. The molecule has 106 valence electrons. The van der Waals surface area contributed by atoms with Crippen molar-refractivity contribution >= 4 is 16.9 Å². The Morgan fingerprint density at radius 3 is 2.65 bits per heavy atom. The molecule has 0 aliphatic carbocycles. The summed E-state index contributed by atoms with van der Waals surface area (Å²) in [5.41, 5.74) is 1.60. The number of piperidine rings is 1. The van der Waals surface area contributed by atoms with Crippen LogP contribution >= 0.6 is 0 Å². The van der Waals surface area contributed by atoms with Crippen molar-refractivity contribution in [2.75, 3.05) is 18.0 Å². The zero-order chi connectivity index (χ0) is 14.1. The van der Waals surface area contributed by atoms with E-state index in [1.54, 1.807) is 12.4 Å². The molecule has 5 heteroatoms. The third-order valence-corrected chi connectivity index (χ3v) is 3.91. The second kappa shape index (κ2) is 5.23. The summed E-state index contributed by atoms with van der Waals surface area (Å²) in [6.07, 6.45) is 7.03. The first kappa shape index (κ1) is 13.1. The second-order valence-electron chi connectivity index (χ2n) is 5.71. The maximum absolute atomic E-state index is 12.4. The third-order valence-electron chi connectivity index (χ3n) is 3.91. The molecule has 0 unspecified atom stereocenters. The van der Waals surface area contributed by atoms with Gasteiger partial charge in [0.05, 0.1) is 17.1 Å². The zero-order valence-electron chi connectivity index (χ0n) is 12.0. The molecule has 1 N–H and O–H groups in total. The Labute approximate surface area is 118 Å². The van der Waals surface area contributed by atoms with E-state index in [4.69, 9.17) is 0 Å². The van der Waals surface area contributed by atoms with E-state index in [1.807, 2.05) is 0 Å². The summed E-state index contributed by atoms with van der Waals surface area (Å²) in [7, 11) is 0. The van der Waals surface area contributed by atoms with Gasteiger partial charge in [0.2, 0.25) is 5.95 Å². The molecular weight excluding hydrogens is 252 g/mol. The fraction of sp³-hybridized carbons (Fsp3) is 0.533. The number of H-pyrrole nitrogens is 1. The van der Waals surface area contributed by atoms with Crippen LogP contribution in [-0.2, 0) is 0 Å². The average molecular weight is 272 g/mol. The van der Waals surface area contributed by atoms with Crippen molar-refractivity contribution in [1.29, 1.82) is 0 Å². The van der Waals surface area contributed by atoms with E-state index in [-0.39, 0.29) is 11.5 Å². The highest BCUT2D eigenvalue weighted by atomic mass is 16.1. The van der Waals surface area contributed by atoms with Gasteiger partial charge in [-0.05, 0) is 30.7 Å². The molecule has 1 fully saturated rings. The normalized spacial score (nSPS) is 16.1. The maximum atomic E-state index is 12.4. The van der Waals surface area contributed by atoms with Gasteiger partial charge in [0, 0.05) is 19.3 Å². The molecule has 1 aliphatic heterocycles. The monoisotopic (exact) mass is 272 g/mol. The van der Waals surface area contributed by atoms with Crippen LogP contribution in [0.25, 0.3) is 10.9 Å². The molecule has 0 saturated carbocycles. The van der Waals surface area contributed by atoms with Gasteiger partial charge in [-0.1, -0.05) is 13.8 Å². The standard InChI is InChI=1S/C15H20N4O/c1-10(2)11-8-16-9-12-13(11)14(20)18-15(17-12)19-6-4-3-5-7-19/h8-10H,3-7H2,1-2H3,(H,17,18,20). The Kier molecular flexibility index (Phi) is 3.42. The van der Waals surface area contributed by atoms with Crippen LogP contribution in [0, 0.1) is 0 Å². The first-order valence-electron chi connectivity index (χ1n) is 7.29. The lowest BCUT2D eigenvalue weighted by atomic mass is 10.0. The minimum Gasteiger partial charge on any atom is -0.342 e. The summed E-state index contributed by atoms with van der Waals surface area (Å²) in [6.45, 7) is 6.06. The largest absolute Gasteiger partial charge is 0.342 e. The van der Waals surface area contributed by atoms with Crippen LogP contribution in [-0.4, -0.2) is 28.0 Å². The number of hydrogen-bond acceptors (Lipinski definition) is 4. The van der Waals surface area contributed by atoms with Gasteiger partial charge in [0.1, 0.15) is 0 Å². The number of fused-ring (bicyclic) bond motifs is 1. The molecule has 3 heterocycles. The van der Waals surface area contributed by atoms with Crippen molar-refractivity contribution in [3.63, 3.8) is 0 Å². The molecule has 1 saturated heterocycles.